The summed E-state index contributed by atoms with van der Waals surface area (Å²) in [6.07, 6.45) is -0.207. The minimum Gasteiger partial charge on any atom is -0.493 e. The van der Waals surface area contributed by atoms with Gasteiger partial charge in [-0.15, -0.1) is 0 Å². The van der Waals surface area contributed by atoms with Crippen LogP contribution in [0.1, 0.15) is 12.5 Å². The lowest BCUT2D eigenvalue weighted by molar-refractivity contribution is 0.193. The fourth-order valence-electron chi connectivity index (χ4n) is 2.62. The van der Waals surface area contributed by atoms with Gasteiger partial charge in [0.05, 0.1) is 24.2 Å². The van der Waals surface area contributed by atoms with Crippen LogP contribution in [0.4, 0.5) is 4.79 Å². The molecule has 0 atom stereocenters. The first-order valence-electron chi connectivity index (χ1n) is 6.95. The number of nitrogens with one attached hydrogen (secondary N) is 1. The molecule has 0 spiro atoms. The van der Waals surface area contributed by atoms with Gasteiger partial charge in [-0.3, -0.25) is 4.57 Å². The summed E-state index contributed by atoms with van der Waals surface area (Å²) >= 11 is 0. The van der Waals surface area contributed by atoms with Crippen molar-refractivity contribution in [2.45, 2.75) is 19.9 Å². The number of ether oxygens (including phenoxy) is 2. The molecule has 1 amide bonds. The van der Waals surface area contributed by atoms with E-state index < -0.39 is 6.09 Å². The van der Waals surface area contributed by atoms with Gasteiger partial charge in [0.2, 0.25) is 0 Å². The van der Waals surface area contributed by atoms with E-state index in [9.17, 15) is 4.79 Å². The Morgan fingerprint density at radius 2 is 2.43 bits per heavy atom. The molecule has 1 aliphatic rings. The molecule has 1 aromatic heterocycles. The first-order valence-corrected chi connectivity index (χ1v) is 6.95. The van der Waals surface area contributed by atoms with Crippen LogP contribution in [0.25, 0.3) is 11.0 Å². The number of carbonyl (C=O) groups is 1. The smallest absolute Gasteiger partial charge is 0.404 e. The quantitative estimate of drug-likeness (QED) is 0.874. The van der Waals surface area contributed by atoms with Gasteiger partial charge in [0.15, 0.2) is 0 Å². The summed E-state index contributed by atoms with van der Waals surface area (Å²) in [5.74, 6) is 0.873. The van der Waals surface area contributed by atoms with Crippen LogP contribution in [0.5, 0.6) is 11.8 Å². The monoisotopic (exact) mass is 291 g/mol. The standard InChI is InChI=1S/C14H17N3O4/c1-2-20-13-16-10-3-4-11-9(5-8-21-11)12(10)17(13)7-6-15-14(18)19/h3-4,15H,2,5-8H2,1H3,(H,18,19). The maximum absolute atomic E-state index is 10.6. The van der Waals surface area contributed by atoms with E-state index in [1.807, 2.05) is 23.6 Å². The highest BCUT2D eigenvalue weighted by Crippen LogP contribution is 2.34. The average Bonchev–Trinajstić information content (AvgIpc) is 3.03. The Labute approximate surface area is 121 Å². The molecule has 0 unspecified atom stereocenters. The molecule has 7 heteroatoms. The second-order valence-electron chi connectivity index (χ2n) is 4.72. The van der Waals surface area contributed by atoms with Gasteiger partial charge in [-0.25, -0.2) is 4.79 Å². The third-order valence-corrected chi connectivity index (χ3v) is 3.43. The third kappa shape index (κ3) is 2.46. The second-order valence-corrected chi connectivity index (χ2v) is 4.72. The van der Waals surface area contributed by atoms with Gasteiger partial charge in [0.25, 0.3) is 6.01 Å². The van der Waals surface area contributed by atoms with Crippen LogP contribution < -0.4 is 14.8 Å². The Hall–Kier alpha value is -2.44. The van der Waals surface area contributed by atoms with Crippen molar-refractivity contribution in [2.24, 2.45) is 0 Å². The van der Waals surface area contributed by atoms with E-state index >= 15 is 0 Å². The molecule has 0 saturated carbocycles. The van der Waals surface area contributed by atoms with Gasteiger partial charge in [-0.1, -0.05) is 0 Å². The number of amides is 1. The number of imidazole rings is 1. The predicted molar refractivity (Wildman–Crippen MR) is 76.1 cm³/mol. The van der Waals surface area contributed by atoms with Crippen molar-refractivity contribution in [1.29, 1.82) is 0 Å². The summed E-state index contributed by atoms with van der Waals surface area (Å²) < 4.78 is 13.1. The van der Waals surface area contributed by atoms with Crippen LogP contribution in [0.3, 0.4) is 0 Å². The number of carboxylic acid groups (broad SMARTS) is 1. The van der Waals surface area contributed by atoms with E-state index in [0.717, 1.165) is 28.8 Å². The highest BCUT2D eigenvalue weighted by atomic mass is 16.5. The van der Waals surface area contributed by atoms with Gasteiger partial charge in [-0.2, -0.15) is 4.98 Å². The number of fused-ring (bicyclic) bond motifs is 3. The molecule has 2 aromatic rings. The Morgan fingerprint density at radius 3 is 3.19 bits per heavy atom. The van der Waals surface area contributed by atoms with Crippen LogP contribution in [-0.2, 0) is 13.0 Å². The molecular formula is C14H17N3O4. The molecule has 3 rings (SSSR count). The summed E-state index contributed by atoms with van der Waals surface area (Å²) in [5, 5.41) is 11.1. The number of benzene rings is 1. The van der Waals surface area contributed by atoms with Crippen molar-refractivity contribution >= 4 is 17.1 Å². The van der Waals surface area contributed by atoms with Gasteiger partial charge in [0, 0.05) is 25.1 Å². The van der Waals surface area contributed by atoms with E-state index in [-0.39, 0.29) is 0 Å². The molecule has 1 aliphatic heterocycles. The molecule has 2 N–H and O–H groups in total. The molecule has 21 heavy (non-hydrogen) atoms. The highest BCUT2D eigenvalue weighted by Gasteiger charge is 2.21. The zero-order valence-corrected chi connectivity index (χ0v) is 11.8. The summed E-state index contributed by atoms with van der Waals surface area (Å²) in [4.78, 5) is 15.1. The lowest BCUT2D eigenvalue weighted by atomic mass is 10.1. The third-order valence-electron chi connectivity index (χ3n) is 3.43. The Balaban J connectivity index is 2.02. The minimum absolute atomic E-state index is 0.297. The summed E-state index contributed by atoms with van der Waals surface area (Å²) in [6.45, 7) is 3.83. The maximum Gasteiger partial charge on any atom is 0.404 e. The van der Waals surface area contributed by atoms with E-state index in [1.54, 1.807) is 0 Å². The largest absolute Gasteiger partial charge is 0.493 e. The topological polar surface area (TPSA) is 85.6 Å². The van der Waals surface area contributed by atoms with Crippen LogP contribution in [0, 0.1) is 0 Å². The normalized spacial score (nSPS) is 13.0. The van der Waals surface area contributed by atoms with Gasteiger partial charge >= 0.3 is 6.09 Å². The van der Waals surface area contributed by atoms with Crippen LogP contribution in [0.2, 0.25) is 0 Å². The summed E-state index contributed by atoms with van der Waals surface area (Å²) in [5.41, 5.74) is 2.93. The van der Waals surface area contributed by atoms with Gasteiger partial charge < -0.3 is 19.9 Å². The van der Waals surface area contributed by atoms with Gasteiger partial charge in [-0.05, 0) is 19.1 Å². The van der Waals surface area contributed by atoms with Crippen molar-refractivity contribution in [3.05, 3.63) is 17.7 Å². The zero-order valence-electron chi connectivity index (χ0n) is 11.8. The van der Waals surface area contributed by atoms with Gasteiger partial charge in [0.1, 0.15) is 5.75 Å². The Bertz CT molecular complexity index is 680. The molecule has 0 aliphatic carbocycles. The number of rotatable bonds is 5. The van der Waals surface area contributed by atoms with Crippen LogP contribution >= 0.6 is 0 Å². The lowest BCUT2D eigenvalue weighted by Gasteiger charge is -2.10. The SMILES string of the molecule is CCOc1nc2ccc3c(c2n1CCNC(=O)O)CCO3. The maximum atomic E-state index is 10.6. The van der Waals surface area contributed by atoms with Crippen LogP contribution in [0.15, 0.2) is 12.1 Å². The molecular weight excluding hydrogens is 274 g/mol. The highest BCUT2D eigenvalue weighted by molar-refractivity contribution is 5.83. The molecule has 0 bridgehead atoms. The number of aromatic nitrogens is 2. The minimum atomic E-state index is -1.04. The van der Waals surface area contributed by atoms with E-state index in [2.05, 4.69) is 10.3 Å². The number of hydrogen-bond acceptors (Lipinski definition) is 4. The molecule has 0 saturated heterocycles. The molecule has 0 fully saturated rings. The number of hydrogen-bond donors (Lipinski definition) is 2. The lowest BCUT2D eigenvalue weighted by Crippen LogP contribution is -2.25. The van der Waals surface area contributed by atoms with E-state index in [0.29, 0.717) is 32.3 Å². The first kappa shape index (κ1) is 13.5. The summed E-state index contributed by atoms with van der Waals surface area (Å²) in [6, 6.07) is 4.34. The van der Waals surface area contributed by atoms with Crippen molar-refractivity contribution < 1.29 is 19.4 Å². The van der Waals surface area contributed by atoms with Crippen molar-refractivity contribution in [3.8, 4) is 11.8 Å². The molecule has 0 radical (unpaired) electrons. The molecule has 112 valence electrons. The van der Waals surface area contributed by atoms with Crippen molar-refractivity contribution in [3.63, 3.8) is 0 Å². The van der Waals surface area contributed by atoms with Crippen LogP contribution in [-0.4, -0.2) is 40.5 Å². The fourth-order valence-corrected chi connectivity index (χ4v) is 2.62. The van der Waals surface area contributed by atoms with Crippen molar-refractivity contribution in [2.75, 3.05) is 19.8 Å². The van der Waals surface area contributed by atoms with E-state index in [4.69, 9.17) is 14.6 Å². The zero-order chi connectivity index (χ0) is 14.8. The molecule has 7 nitrogen and oxygen atoms in total. The fraction of sp³-hybridized carbons (Fsp3) is 0.429. The average molecular weight is 291 g/mol. The Morgan fingerprint density at radius 1 is 1.57 bits per heavy atom. The second kappa shape index (κ2) is 5.51. The predicted octanol–water partition coefficient (Wildman–Crippen LogP) is 1.64. The Kier molecular flexibility index (Phi) is 3.55. The number of nitrogens with zero attached hydrogens (tertiary/aromatic N) is 2. The van der Waals surface area contributed by atoms with E-state index in [1.165, 1.54) is 0 Å². The molecule has 2 heterocycles. The first-order chi connectivity index (χ1) is 10.2. The summed E-state index contributed by atoms with van der Waals surface area (Å²) in [7, 11) is 0. The molecule has 1 aromatic carbocycles. The van der Waals surface area contributed by atoms with Crippen molar-refractivity contribution in [1.82, 2.24) is 14.9 Å².